The molecule has 0 radical (unpaired) electrons. The number of thiazole rings is 1. The first-order valence-electron chi connectivity index (χ1n) is 7.73. The number of nitro benzene ring substituents is 1. The van der Waals surface area contributed by atoms with E-state index in [0.717, 1.165) is 22.7 Å². The number of thiophene rings is 1. The van der Waals surface area contributed by atoms with E-state index >= 15 is 0 Å². The van der Waals surface area contributed by atoms with Crippen LogP contribution < -0.4 is 4.80 Å². The fourth-order valence-corrected chi connectivity index (χ4v) is 6.10. The molecule has 144 valence electrons. The van der Waals surface area contributed by atoms with E-state index in [0.29, 0.717) is 34.3 Å². The molecule has 0 aliphatic rings. The second-order valence-electron chi connectivity index (χ2n) is 5.27. The average molecular weight is 448 g/mol. The topological polar surface area (TPSA) is 104 Å². The third-order valence-corrected chi connectivity index (χ3v) is 7.66. The maximum atomic E-state index is 12.6. The standard InChI is InChI=1S/C15H14ClN3O5S3/c1-2-24-8-7-18-11-4-3-10(19(20)21)9-12(11)25-15(18)17-27(22,23)14-6-5-13(16)26-14/h3-6,9H,2,7-8H2,1H3/b17-15-. The van der Waals surface area contributed by atoms with Crippen molar-refractivity contribution in [3.05, 3.63) is 49.6 Å². The van der Waals surface area contributed by atoms with E-state index in [4.69, 9.17) is 16.3 Å². The van der Waals surface area contributed by atoms with Crippen LogP contribution in [-0.4, -0.2) is 31.1 Å². The van der Waals surface area contributed by atoms with E-state index in [1.54, 1.807) is 10.6 Å². The van der Waals surface area contributed by atoms with Gasteiger partial charge in [0.05, 0.1) is 26.1 Å². The van der Waals surface area contributed by atoms with Gasteiger partial charge in [-0.1, -0.05) is 22.9 Å². The molecule has 0 amide bonds. The first-order valence-corrected chi connectivity index (χ1v) is 11.2. The Morgan fingerprint density at radius 1 is 1.30 bits per heavy atom. The average Bonchev–Trinajstić information content (AvgIpc) is 3.18. The van der Waals surface area contributed by atoms with Crippen LogP contribution in [0.15, 0.2) is 38.9 Å². The van der Waals surface area contributed by atoms with Gasteiger partial charge in [0.25, 0.3) is 15.7 Å². The van der Waals surface area contributed by atoms with Crippen LogP contribution in [0.1, 0.15) is 6.92 Å². The van der Waals surface area contributed by atoms with E-state index in [9.17, 15) is 18.5 Å². The smallest absolute Gasteiger partial charge is 0.294 e. The van der Waals surface area contributed by atoms with Crippen molar-refractivity contribution in [1.82, 2.24) is 4.57 Å². The van der Waals surface area contributed by atoms with E-state index < -0.39 is 14.9 Å². The molecule has 3 aromatic rings. The lowest BCUT2D eigenvalue weighted by Crippen LogP contribution is -2.19. The monoisotopic (exact) mass is 447 g/mol. The number of hydrogen-bond acceptors (Lipinski definition) is 7. The molecule has 0 N–H and O–H groups in total. The minimum absolute atomic E-state index is 0.0345. The third-order valence-electron chi connectivity index (χ3n) is 3.54. The Hall–Kier alpha value is -1.79. The molecule has 0 bridgehead atoms. The number of halogens is 1. The molecule has 0 aliphatic carbocycles. The highest BCUT2D eigenvalue weighted by Gasteiger charge is 2.18. The fourth-order valence-electron chi connectivity index (χ4n) is 2.35. The maximum absolute atomic E-state index is 12.6. The number of sulfonamides is 1. The van der Waals surface area contributed by atoms with Crippen LogP contribution in [0, 0.1) is 10.1 Å². The number of fused-ring (bicyclic) bond motifs is 1. The number of aromatic nitrogens is 1. The van der Waals surface area contributed by atoms with Crippen LogP contribution in [0.2, 0.25) is 4.34 Å². The molecule has 0 saturated carbocycles. The number of rotatable bonds is 7. The molecule has 12 heteroatoms. The molecule has 0 spiro atoms. The summed E-state index contributed by atoms with van der Waals surface area (Å²) in [5, 5.41) is 11.0. The summed E-state index contributed by atoms with van der Waals surface area (Å²) in [6.45, 7) is 3.10. The Balaban J connectivity index is 2.17. The third kappa shape index (κ3) is 4.38. The van der Waals surface area contributed by atoms with Gasteiger partial charge in [-0.3, -0.25) is 10.1 Å². The first kappa shape index (κ1) is 20.0. The van der Waals surface area contributed by atoms with Gasteiger partial charge in [-0.05, 0) is 25.1 Å². The Kier molecular flexibility index (Phi) is 5.96. The number of nitrogens with zero attached hydrogens (tertiary/aromatic N) is 3. The van der Waals surface area contributed by atoms with E-state index in [1.807, 2.05) is 6.92 Å². The van der Waals surface area contributed by atoms with Gasteiger partial charge in [0.2, 0.25) is 4.80 Å². The van der Waals surface area contributed by atoms with Gasteiger partial charge >= 0.3 is 0 Å². The molecule has 0 saturated heterocycles. The highest BCUT2D eigenvalue weighted by atomic mass is 35.5. The summed E-state index contributed by atoms with van der Waals surface area (Å²) in [6, 6.07) is 7.26. The zero-order valence-electron chi connectivity index (χ0n) is 14.0. The minimum Gasteiger partial charge on any atom is -0.380 e. The lowest BCUT2D eigenvalue weighted by atomic mass is 10.3. The van der Waals surface area contributed by atoms with Crippen molar-refractivity contribution in [2.75, 3.05) is 13.2 Å². The molecule has 0 fully saturated rings. The van der Waals surface area contributed by atoms with Gasteiger partial charge < -0.3 is 9.30 Å². The Morgan fingerprint density at radius 3 is 2.70 bits per heavy atom. The van der Waals surface area contributed by atoms with Crippen molar-refractivity contribution in [3.63, 3.8) is 0 Å². The second kappa shape index (κ2) is 8.07. The molecule has 2 heterocycles. The Bertz CT molecular complexity index is 1160. The van der Waals surface area contributed by atoms with Gasteiger partial charge in [0.15, 0.2) is 0 Å². The zero-order valence-corrected chi connectivity index (χ0v) is 17.2. The normalized spacial score (nSPS) is 12.7. The van der Waals surface area contributed by atoms with Gasteiger partial charge in [-0.15, -0.1) is 15.7 Å². The lowest BCUT2D eigenvalue weighted by Gasteiger charge is -2.05. The van der Waals surface area contributed by atoms with Crippen molar-refractivity contribution in [2.24, 2.45) is 4.40 Å². The molecular weight excluding hydrogens is 434 g/mol. The van der Waals surface area contributed by atoms with Crippen molar-refractivity contribution in [2.45, 2.75) is 17.7 Å². The van der Waals surface area contributed by atoms with Crippen molar-refractivity contribution < 1.29 is 18.1 Å². The molecule has 2 aromatic heterocycles. The van der Waals surface area contributed by atoms with E-state index in [2.05, 4.69) is 4.40 Å². The van der Waals surface area contributed by atoms with Crippen molar-refractivity contribution in [3.8, 4) is 0 Å². The minimum atomic E-state index is -3.95. The van der Waals surface area contributed by atoms with Gasteiger partial charge in [0, 0.05) is 25.3 Å². The molecule has 3 rings (SSSR count). The SMILES string of the molecule is CCOCCn1/c(=N/S(=O)(=O)c2ccc(Cl)s2)sc2cc([N+](=O)[O-])ccc21. The highest BCUT2D eigenvalue weighted by Crippen LogP contribution is 2.27. The summed E-state index contributed by atoms with van der Waals surface area (Å²) in [5.41, 5.74) is 0.587. The number of ether oxygens (including phenoxy) is 1. The first-order chi connectivity index (χ1) is 12.8. The van der Waals surface area contributed by atoms with Gasteiger partial charge in [0.1, 0.15) is 4.21 Å². The lowest BCUT2D eigenvalue weighted by molar-refractivity contribution is -0.384. The predicted molar refractivity (Wildman–Crippen MR) is 105 cm³/mol. The number of nitro groups is 1. The zero-order chi connectivity index (χ0) is 19.6. The van der Waals surface area contributed by atoms with Gasteiger partial charge in [-0.25, -0.2) is 0 Å². The van der Waals surface area contributed by atoms with Gasteiger partial charge in [-0.2, -0.15) is 8.42 Å². The van der Waals surface area contributed by atoms with Crippen LogP contribution in [-0.2, 0) is 21.3 Å². The van der Waals surface area contributed by atoms with Crippen LogP contribution in [0.4, 0.5) is 5.69 Å². The van der Waals surface area contributed by atoms with Crippen LogP contribution in [0.25, 0.3) is 10.2 Å². The van der Waals surface area contributed by atoms with Crippen LogP contribution >= 0.6 is 34.3 Å². The summed E-state index contributed by atoms with van der Waals surface area (Å²) in [5.74, 6) is 0. The summed E-state index contributed by atoms with van der Waals surface area (Å²) >= 11 is 7.82. The molecule has 27 heavy (non-hydrogen) atoms. The fraction of sp³-hybridized carbons (Fsp3) is 0.267. The van der Waals surface area contributed by atoms with Crippen LogP contribution in [0.5, 0.6) is 0 Å². The summed E-state index contributed by atoms with van der Waals surface area (Å²) in [6.07, 6.45) is 0. The number of hydrogen-bond donors (Lipinski definition) is 0. The molecule has 0 atom stereocenters. The Labute approximate surface area is 167 Å². The Morgan fingerprint density at radius 2 is 2.07 bits per heavy atom. The maximum Gasteiger partial charge on any atom is 0.294 e. The molecule has 1 aromatic carbocycles. The van der Waals surface area contributed by atoms with E-state index in [1.165, 1.54) is 24.3 Å². The number of benzene rings is 1. The number of non-ortho nitro benzene ring substituents is 1. The van der Waals surface area contributed by atoms with Crippen molar-refractivity contribution in [1.29, 1.82) is 0 Å². The summed E-state index contributed by atoms with van der Waals surface area (Å²) in [4.78, 5) is 10.7. The second-order valence-corrected chi connectivity index (χ2v) is 9.82. The molecular formula is C15H14ClN3O5S3. The molecule has 8 nitrogen and oxygen atoms in total. The van der Waals surface area contributed by atoms with E-state index in [-0.39, 0.29) is 14.7 Å². The van der Waals surface area contributed by atoms with Crippen LogP contribution in [0.3, 0.4) is 0 Å². The quantitative estimate of drug-likeness (QED) is 0.312. The predicted octanol–water partition coefficient (Wildman–Crippen LogP) is 3.65. The molecule has 0 unspecified atom stereocenters. The largest absolute Gasteiger partial charge is 0.380 e. The molecule has 0 aliphatic heterocycles. The highest BCUT2D eigenvalue weighted by molar-refractivity contribution is 7.92. The summed E-state index contributed by atoms with van der Waals surface area (Å²) < 4.78 is 37.1. The summed E-state index contributed by atoms with van der Waals surface area (Å²) in [7, 11) is -3.95. The van der Waals surface area contributed by atoms with Crippen molar-refractivity contribution >= 4 is 60.2 Å².